The van der Waals surface area contributed by atoms with Crippen molar-refractivity contribution in [1.29, 1.82) is 0 Å². The maximum absolute atomic E-state index is 12.9. The molecule has 2 aromatic carbocycles. The molecule has 0 aliphatic carbocycles. The number of likely N-dealkylation sites (tertiary alicyclic amines) is 1. The zero-order valence-electron chi connectivity index (χ0n) is 19.0. The number of rotatable bonds is 11. The lowest BCUT2D eigenvalue weighted by molar-refractivity contribution is -0.139. The van der Waals surface area contributed by atoms with Crippen molar-refractivity contribution in [3.8, 4) is 23.0 Å². The summed E-state index contributed by atoms with van der Waals surface area (Å²) in [5, 5.41) is 0. The van der Waals surface area contributed by atoms with Crippen LogP contribution in [0.15, 0.2) is 42.5 Å². The molecule has 0 N–H and O–H groups in total. The molecule has 1 heterocycles. The fourth-order valence-corrected chi connectivity index (χ4v) is 3.66. The van der Waals surface area contributed by atoms with Crippen molar-refractivity contribution in [2.24, 2.45) is 0 Å². The predicted molar refractivity (Wildman–Crippen MR) is 119 cm³/mol. The van der Waals surface area contributed by atoms with Crippen molar-refractivity contribution in [2.75, 3.05) is 48.1 Å². The molecule has 1 atom stereocenters. The van der Waals surface area contributed by atoms with Crippen LogP contribution in [0.2, 0.25) is 0 Å². The smallest absolute Gasteiger partial charge is 0.247 e. The zero-order chi connectivity index (χ0) is 23.1. The summed E-state index contributed by atoms with van der Waals surface area (Å²) in [7, 11) is 6.61. The number of nitrogens with zero attached hydrogens (tertiary/aromatic N) is 2. The van der Waals surface area contributed by atoms with Gasteiger partial charge in [-0.15, -0.1) is 0 Å². The Bertz CT molecular complexity index is 931. The quantitative estimate of drug-likeness (QED) is 0.495. The summed E-state index contributed by atoms with van der Waals surface area (Å²) < 4.78 is 21.4. The van der Waals surface area contributed by atoms with E-state index in [2.05, 4.69) is 0 Å². The van der Waals surface area contributed by atoms with E-state index in [1.165, 1.54) is 4.90 Å². The number of likely N-dealkylation sites (N-methyl/N-ethyl adjacent to an activating group) is 1. The van der Waals surface area contributed by atoms with Gasteiger partial charge in [-0.2, -0.15) is 0 Å². The van der Waals surface area contributed by atoms with Crippen molar-refractivity contribution >= 4 is 11.8 Å². The molecular weight excluding hydrogens is 412 g/mol. The standard InChI is InChI=1S/C24H30N2O6/c1-25(13-14-32-19-8-6-18(29-2)7-9-19)20-16-23(27)26(24(20)28)12-11-17-5-10-21(30-3)22(15-17)31-4/h5-10,15,20H,11-14,16H2,1-4H3/t20-/m0/s1. The number of hydrogen-bond acceptors (Lipinski definition) is 7. The second-order valence-electron chi connectivity index (χ2n) is 7.55. The molecule has 2 aromatic rings. The Hall–Kier alpha value is -3.26. The number of hydrogen-bond donors (Lipinski definition) is 0. The van der Waals surface area contributed by atoms with Gasteiger partial charge in [-0.1, -0.05) is 6.07 Å². The lowest BCUT2D eigenvalue weighted by atomic mass is 10.1. The third-order valence-electron chi connectivity index (χ3n) is 5.60. The lowest BCUT2D eigenvalue weighted by Crippen LogP contribution is -2.42. The van der Waals surface area contributed by atoms with Crippen molar-refractivity contribution < 1.29 is 28.5 Å². The highest BCUT2D eigenvalue weighted by Crippen LogP contribution is 2.28. The third kappa shape index (κ3) is 5.50. The van der Waals surface area contributed by atoms with Crippen LogP contribution < -0.4 is 18.9 Å². The highest BCUT2D eigenvalue weighted by atomic mass is 16.5. The maximum Gasteiger partial charge on any atom is 0.247 e. The highest BCUT2D eigenvalue weighted by molar-refractivity contribution is 6.05. The largest absolute Gasteiger partial charge is 0.497 e. The topological polar surface area (TPSA) is 77.5 Å². The Kier molecular flexibility index (Phi) is 7.94. The fraction of sp³-hybridized carbons (Fsp3) is 0.417. The lowest BCUT2D eigenvalue weighted by Gasteiger charge is -2.23. The van der Waals surface area contributed by atoms with Crippen LogP contribution in [0.3, 0.4) is 0 Å². The van der Waals surface area contributed by atoms with E-state index in [1.54, 1.807) is 21.3 Å². The number of ether oxygens (including phenoxy) is 4. The summed E-state index contributed by atoms with van der Waals surface area (Å²) in [4.78, 5) is 28.6. The minimum Gasteiger partial charge on any atom is -0.497 e. The van der Waals surface area contributed by atoms with Crippen LogP contribution in [0.5, 0.6) is 23.0 Å². The molecule has 8 heteroatoms. The van der Waals surface area contributed by atoms with Crippen molar-refractivity contribution in [3.63, 3.8) is 0 Å². The molecule has 0 spiro atoms. The SMILES string of the molecule is COc1ccc(OCCN(C)[C@H]2CC(=O)N(CCc3ccc(OC)c(OC)c3)C2=O)cc1. The van der Waals surface area contributed by atoms with Crippen LogP contribution in [-0.2, 0) is 16.0 Å². The number of carbonyl (C=O) groups is 2. The average molecular weight is 443 g/mol. The molecule has 32 heavy (non-hydrogen) atoms. The Balaban J connectivity index is 1.50. The minimum absolute atomic E-state index is 0.150. The van der Waals surface area contributed by atoms with E-state index < -0.39 is 6.04 Å². The summed E-state index contributed by atoms with van der Waals surface area (Å²) in [5.74, 6) is 2.44. The summed E-state index contributed by atoms with van der Waals surface area (Å²) in [5.41, 5.74) is 0.966. The molecule has 1 aliphatic heterocycles. The first-order valence-corrected chi connectivity index (χ1v) is 10.5. The van der Waals surface area contributed by atoms with Gasteiger partial charge >= 0.3 is 0 Å². The molecular formula is C24H30N2O6. The van der Waals surface area contributed by atoms with E-state index >= 15 is 0 Å². The van der Waals surface area contributed by atoms with Crippen molar-refractivity contribution in [3.05, 3.63) is 48.0 Å². The molecule has 1 aliphatic rings. The Morgan fingerprint density at radius 3 is 2.28 bits per heavy atom. The zero-order valence-corrected chi connectivity index (χ0v) is 19.0. The van der Waals surface area contributed by atoms with Gasteiger partial charge in [0.15, 0.2) is 11.5 Å². The molecule has 0 bridgehead atoms. The monoisotopic (exact) mass is 442 g/mol. The maximum atomic E-state index is 12.9. The van der Waals surface area contributed by atoms with E-state index in [1.807, 2.05) is 54.4 Å². The molecule has 2 amide bonds. The summed E-state index contributed by atoms with van der Waals surface area (Å²) >= 11 is 0. The molecule has 172 valence electrons. The third-order valence-corrected chi connectivity index (χ3v) is 5.60. The molecule has 0 unspecified atom stereocenters. The molecule has 3 rings (SSSR count). The Morgan fingerprint density at radius 2 is 1.62 bits per heavy atom. The molecule has 1 saturated heterocycles. The van der Waals surface area contributed by atoms with Gasteiger partial charge in [-0.3, -0.25) is 19.4 Å². The number of carbonyl (C=O) groups excluding carboxylic acids is 2. The van der Waals surface area contributed by atoms with Gasteiger partial charge in [-0.05, 0) is 55.4 Å². The average Bonchev–Trinajstić information content (AvgIpc) is 3.11. The van der Waals surface area contributed by atoms with Crippen LogP contribution in [0, 0.1) is 0 Å². The Morgan fingerprint density at radius 1 is 0.938 bits per heavy atom. The summed E-state index contributed by atoms with van der Waals surface area (Å²) in [6.07, 6.45) is 0.735. The van der Waals surface area contributed by atoms with Gasteiger partial charge in [0, 0.05) is 13.1 Å². The van der Waals surface area contributed by atoms with Gasteiger partial charge in [0.05, 0.1) is 33.8 Å². The molecule has 0 radical (unpaired) electrons. The first-order valence-electron chi connectivity index (χ1n) is 10.5. The number of benzene rings is 2. The first-order chi connectivity index (χ1) is 15.5. The molecule has 0 saturated carbocycles. The van der Waals surface area contributed by atoms with Crippen LogP contribution >= 0.6 is 0 Å². The van der Waals surface area contributed by atoms with E-state index in [-0.39, 0.29) is 18.2 Å². The predicted octanol–water partition coefficient (Wildman–Crippen LogP) is 2.39. The highest BCUT2D eigenvalue weighted by Gasteiger charge is 2.40. The summed E-state index contributed by atoms with van der Waals surface area (Å²) in [6, 6.07) is 12.4. The van der Waals surface area contributed by atoms with Gasteiger partial charge in [0.2, 0.25) is 11.8 Å². The van der Waals surface area contributed by atoms with E-state index in [4.69, 9.17) is 18.9 Å². The normalized spacial score (nSPS) is 15.9. The van der Waals surface area contributed by atoms with E-state index in [0.29, 0.717) is 37.6 Å². The molecule has 1 fully saturated rings. The van der Waals surface area contributed by atoms with Crippen molar-refractivity contribution in [2.45, 2.75) is 18.9 Å². The van der Waals surface area contributed by atoms with Gasteiger partial charge in [-0.25, -0.2) is 0 Å². The van der Waals surface area contributed by atoms with Crippen LogP contribution in [0.25, 0.3) is 0 Å². The first kappa shape index (κ1) is 23.4. The number of methoxy groups -OCH3 is 3. The van der Waals surface area contributed by atoms with Gasteiger partial charge in [0.1, 0.15) is 18.1 Å². The van der Waals surface area contributed by atoms with Crippen molar-refractivity contribution in [1.82, 2.24) is 9.80 Å². The molecule has 0 aromatic heterocycles. The van der Waals surface area contributed by atoms with Crippen LogP contribution in [0.1, 0.15) is 12.0 Å². The minimum atomic E-state index is -0.465. The van der Waals surface area contributed by atoms with E-state index in [0.717, 1.165) is 17.1 Å². The van der Waals surface area contributed by atoms with Gasteiger partial charge in [0.25, 0.3) is 0 Å². The van der Waals surface area contributed by atoms with Crippen LogP contribution in [-0.4, -0.2) is 75.7 Å². The number of amides is 2. The fourth-order valence-electron chi connectivity index (χ4n) is 3.66. The molecule has 8 nitrogen and oxygen atoms in total. The van der Waals surface area contributed by atoms with E-state index in [9.17, 15) is 9.59 Å². The van der Waals surface area contributed by atoms with Gasteiger partial charge < -0.3 is 18.9 Å². The summed E-state index contributed by atoms with van der Waals surface area (Å²) in [6.45, 7) is 1.27. The Labute approximate surface area is 188 Å². The second-order valence-corrected chi connectivity index (χ2v) is 7.55. The van der Waals surface area contributed by atoms with Crippen LogP contribution in [0.4, 0.5) is 0 Å². The second kappa shape index (κ2) is 10.9. The number of imide groups is 1.